The number of Topliss-reactive ketones (excluding diaryl/α,β-unsaturated/α-hetero) is 1. The van der Waals surface area contributed by atoms with Gasteiger partial charge in [-0.1, -0.05) is 6.92 Å². The quantitative estimate of drug-likeness (QED) is 0.522. The van der Waals surface area contributed by atoms with Gasteiger partial charge in [0.2, 0.25) is 0 Å². The van der Waals surface area contributed by atoms with Crippen LogP contribution in [-0.4, -0.2) is 11.5 Å². The summed E-state index contributed by atoms with van der Waals surface area (Å²) in [7, 11) is 0. The van der Waals surface area contributed by atoms with Crippen LogP contribution in [0.5, 0.6) is 0 Å². The summed E-state index contributed by atoms with van der Waals surface area (Å²) in [6.07, 6.45) is 2.26. The van der Waals surface area contributed by atoms with E-state index < -0.39 is 0 Å². The van der Waals surface area contributed by atoms with Gasteiger partial charge in [-0.05, 0) is 18.8 Å². The van der Waals surface area contributed by atoms with Crippen LogP contribution in [0.25, 0.3) is 0 Å². The van der Waals surface area contributed by atoms with Gasteiger partial charge in [-0.15, -0.1) is 0 Å². The van der Waals surface area contributed by atoms with E-state index in [-0.39, 0.29) is 5.78 Å². The fraction of sp³-hybridized carbons (Fsp3) is 0.714. The summed E-state index contributed by atoms with van der Waals surface area (Å²) in [5, 5.41) is 7.18. The average Bonchev–Trinajstić information content (AvgIpc) is 1.80. The Balaban J connectivity index is 2.54. The van der Waals surface area contributed by atoms with Gasteiger partial charge in [-0.25, -0.2) is 0 Å². The molecule has 1 unspecified atom stereocenters. The van der Waals surface area contributed by atoms with Gasteiger partial charge in [-0.3, -0.25) is 4.79 Å². The van der Waals surface area contributed by atoms with Gasteiger partial charge in [0.05, 0.1) is 5.71 Å². The van der Waals surface area contributed by atoms with E-state index in [2.05, 4.69) is 6.92 Å². The summed E-state index contributed by atoms with van der Waals surface area (Å²) in [5.74, 6) is 0.600. The van der Waals surface area contributed by atoms with Gasteiger partial charge < -0.3 is 5.41 Å². The van der Waals surface area contributed by atoms with Crippen LogP contribution in [0.15, 0.2) is 0 Å². The standard InChI is InChI=1S/C7H11NO/c1-5-2-3-7(9)6(8)4-5/h5,8H,2-4H2,1H3. The first-order valence-corrected chi connectivity index (χ1v) is 3.31. The van der Waals surface area contributed by atoms with Gasteiger partial charge in [0, 0.05) is 6.42 Å². The summed E-state index contributed by atoms with van der Waals surface area (Å²) in [6.45, 7) is 2.08. The molecule has 0 aromatic heterocycles. The number of rotatable bonds is 0. The molecule has 1 saturated carbocycles. The maximum Gasteiger partial charge on any atom is 0.176 e. The lowest BCUT2D eigenvalue weighted by atomic mass is 9.88. The smallest absolute Gasteiger partial charge is 0.176 e. The first kappa shape index (κ1) is 6.46. The summed E-state index contributed by atoms with van der Waals surface area (Å²) in [6, 6.07) is 0. The SMILES string of the molecule is CC1CCC(=O)C(=N)C1. The molecule has 0 spiro atoms. The van der Waals surface area contributed by atoms with Crippen molar-refractivity contribution in [1.29, 1.82) is 5.41 Å². The van der Waals surface area contributed by atoms with Gasteiger partial charge in [-0.2, -0.15) is 0 Å². The van der Waals surface area contributed by atoms with E-state index in [4.69, 9.17) is 5.41 Å². The minimum absolute atomic E-state index is 0.0492. The molecule has 0 aromatic rings. The third-order valence-electron chi connectivity index (χ3n) is 1.75. The Morgan fingerprint density at radius 1 is 1.67 bits per heavy atom. The van der Waals surface area contributed by atoms with E-state index in [1.165, 1.54) is 0 Å². The Morgan fingerprint density at radius 2 is 2.33 bits per heavy atom. The molecule has 0 amide bonds. The van der Waals surface area contributed by atoms with Gasteiger partial charge in [0.1, 0.15) is 0 Å². The molecule has 0 aromatic carbocycles. The summed E-state index contributed by atoms with van der Waals surface area (Å²) in [4.78, 5) is 10.7. The number of hydrogen-bond acceptors (Lipinski definition) is 2. The van der Waals surface area contributed by atoms with Crippen molar-refractivity contribution in [3.8, 4) is 0 Å². The third kappa shape index (κ3) is 1.37. The predicted octanol–water partition coefficient (Wildman–Crippen LogP) is 1.40. The number of ketones is 1. The minimum atomic E-state index is 0.0492. The lowest BCUT2D eigenvalue weighted by molar-refractivity contribution is -0.114. The van der Waals surface area contributed by atoms with E-state index in [0.717, 1.165) is 6.42 Å². The fourth-order valence-electron chi connectivity index (χ4n) is 1.09. The molecule has 50 valence electrons. The molecule has 0 aliphatic heterocycles. The first-order chi connectivity index (χ1) is 4.20. The fourth-order valence-corrected chi connectivity index (χ4v) is 1.09. The number of carbonyl (C=O) groups is 1. The van der Waals surface area contributed by atoms with Crippen LogP contribution in [0, 0.1) is 11.3 Å². The van der Waals surface area contributed by atoms with Crippen molar-refractivity contribution in [2.75, 3.05) is 0 Å². The molecule has 1 aliphatic rings. The van der Waals surface area contributed by atoms with Crippen LogP contribution in [0.1, 0.15) is 26.2 Å². The molecule has 1 fully saturated rings. The summed E-state index contributed by atoms with van der Waals surface area (Å²) < 4.78 is 0. The zero-order valence-corrected chi connectivity index (χ0v) is 5.61. The van der Waals surface area contributed by atoms with Crippen LogP contribution >= 0.6 is 0 Å². The zero-order chi connectivity index (χ0) is 6.85. The highest BCUT2D eigenvalue weighted by atomic mass is 16.1. The van der Waals surface area contributed by atoms with Crippen molar-refractivity contribution < 1.29 is 4.79 Å². The molecule has 0 saturated heterocycles. The van der Waals surface area contributed by atoms with Gasteiger partial charge >= 0.3 is 0 Å². The molecule has 1 N–H and O–H groups in total. The van der Waals surface area contributed by atoms with E-state index in [1.807, 2.05) is 0 Å². The Morgan fingerprint density at radius 3 is 2.78 bits per heavy atom. The second-order valence-electron chi connectivity index (χ2n) is 2.75. The monoisotopic (exact) mass is 125 g/mol. The Bertz CT molecular complexity index is 151. The zero-order valence-electron chi connectivity index (χ0n) is 5.61. The molecular weight excluding hydrogens is 114 g/mol. The van der Waals surface area contributed by atoms with Crippen molar-refractivity contribution in [2.24, 2.45) is 5.92 Å². The molecule has 9 heavy (non-hydrogen) atoms. The lowest BCUT2D eigenvalue weighted by Gasteiger charge is -2.16. The van der Waals surface area contributed by atoms with Crippen LogP contribution in [-0.2, 0) is 4.79 Å². The molecule has 2 nitrogen and oxygen atoms in total. The maximum atomic E-state index is 10.7. The Hall–Kier alpha value is -0.660. The van der Waals surface area contributed by atoms with E-state index in [1.54, 1.807) is 0 Å². The molecule has 1 aliphatic carbocycles. The summed E-state index contributed by atoms with van der Waals surface area (Å²) >= 11 is 0. The van der Waals surface area contributed by atoms with Crippen LogP contribution in [0.2, 0.25) is 0 Å². The third-order valence-corrected chi connectivity index (χ3v) is 1.75. The highest BCUT2D eigenvalue weighted by Crippen LogP contribution is 2.17. The number of carbonyl (C=O) groups excluding carboxylic acids is 1. The normalized spacial score (nSPS) is 28.8. The molecule has 1 rings (SSSR count). The Labute approximate surface area is 54.8 Å². The molecular formula is C7H11NO. The topological polar surface area (TPSA) is 40.9 Å². The number of nitrogens with one attached hydrogen (secondary N) is 1. The van der Waals surface area contributed by atoms with E-state index in [0.29, 0.717) is 24.5 Å². The minimum Gasteiger partial charge on any atom is -0.302 e. The summed E-state index contributed by atoms with van der Waals surface area (Å²) in [5.41, 5.74) is 0.328. The molecule has 0 heterocycles. The van der Waals surface area contributed by atoms with Gasteiger partial charge in [0.15, 0.2) is 5.78 Å². The molecule has 1 atom stereocenters. The highest BCUT2D eigenvalue weighted by Gasteiger charge is 2.19. The molecule has 0 bridgehead atoms. The van der Waals surface area contributed by atoms with Crippen molar-refractivity contribution >= 4 is 11.5 Å². The van der Waals surface area contributed by atoms with Crippen molar-refractivity contribution in [1.82, 2.24) is 0 Å². The van der Waals surface area contributed by atoms with Crippen LogP contribution in [0.4, 0.5) is 0 Å². The predicted molar refractivity (Wildman–Crippen MR) is 35.7 cm³/mol. The van der Waals surface area contributed by atoms with Gasteiger partial charge in [0.25, 0.3) is 0 Å². The van der Waals surface area contributed by atoms with Crippen molar-refractivity contribution in [3.63, 3.8) is 0 Å². The first-order valence-electron chi connectivity index (χ1n) is 3.31. The highest BCUT2D eigenvalue weighted by molar-refractivity contribution is 6.39. The second kappa shape index (κ2) is 2.29. The van der Waals surface area contributed by atoms with E-state index in [9.17, 15) is 4.79 Å². The maximum absolute atomic E-state index is 10.7. The molecule has 2 heteroatoms. The second-order valence-corrected chi connectivity index (χ2v) is 2.75. The largest absolute Gasteiger partial charge is 0.302 e. The number of hydrogen-bond donors (Lipinski definition) is 1. The van der Waals surface area contributed by atoms with E-state index >= 15 is 0 Å². The van der Waals surface area contributed by atoms with Crippen molar-refractivity contribution in [3.05, 3.63) is 0 Å². The Kier molecular flexibility index (Phi) is 1.65. The van der Waals surface area contributed by atoms with Crippen LogP contribution in [0.3, 0.4) is 0 Å². The van der Waals surface area contributed by atoms with Crippen molar-refractivity contribution in [2.45, 2.75) is 26.2 Å². The van der Waals surface area contributed by atoms with Crippen LogP contribution < -0.4 is 0 Å². The average molecular weight is 125 g/mol. The molecule has 0 radical (unpaired) electrons. The lowest BCUT2D eigenvalue weighted by Crippen LogP contribution is -2.22.